The second-order valence-corrected chi connectivity index (χ2v) is 5.17. The summed E-state index contributed by atoms with van der Waals surface area (Å²) < 4.78 is 24.0. The van der Waals surface area contributed by atoms with E-state index in [1.54, 1.807) is 23.8 Å². The fourth-order valence-corrected chi connectivity index (χ4v) is 2.53. The molecule has 3 rings (SSSR count). The summed E-state index contributed by atoms with van der Waals surface area (Å²) in [7, 11) is 1.43. The van der Waals surface area contributed by atoms with Crippen molar-refractivity contribution in [2.24, 2.45) is 0 Å². The van der Waals surface area contributed by atoms with Crippen LogP contribution in [0.15, 0.2) is 46.4 Å². The molecule has 0 aliphatic rings. The number of aromatic nitrogens is 1. The molecule has 112 valence electrons. The fourth-order valence-electron chi connectivity index (χ4n) is 1.84. The molecule has 7 heteroatoms. The SMILES string of the molecule is COc1ccc(C(=O)Nc2nc(-c3ccco3)cs2)c(F)c1. The number of anilines is 1. The molecular weight excluding hydrogens is 307 g/mol. The van der Waals surface area contributed by atoms with Gasteiger partial charge in [-0.2, -0.15) is 0 Å². The van der Waals surface area contributed by atoms with E-state index in [-0.39, 0.29) is 5.56 Å². The van der Waals surface area contributed by atoms with E-state index in [1.807, 2.05) is 0 Å². The molecule has 3 aromatic rings. The quantitative estimate of drug-likeness (QED) is 0.794. The van der Waals surface area contributed by atoms with Crippen molar-refractivity contribution >= 4 is 22.4 Å². The van der Waals surface area contributed by atoms with Gasteiger partial charge in [0.2, 0.25) is 0 Å². The summed E-state index contributed by atoms with van der Waals surface area (Å²) in [5, 5.41) is 4.68. The first-order valence-electron chi connectivity index (χ1n) is 6.31. The van der Waals surface area contributed by atoms with Gasteiger partial charge in [-0.25, -0.2) is 9.37 Å². The molecule has 5 nitrogen and oxygen atoms in total. The van der Waals surface area contributed by atoms with Crippen molar-refractivity contribution < 1.29 is 18.3 Å². The number of thiazole rings is 1. The summed E-state index contributed by atoms with van der Waals surface area (Å²) in [4.78, 5) is 16.3. The Morgan fingerprint density at radius 2 is 2.27 bits per heavy atom. The largest absolute Gasteiger partial charge is 0.497 e. The average molecular weight is 318 g/mol. The van der Waals surface area contributed by atoms with Gasteiger partial charge < -0.3 is 9.15 Å². The van der Waals surface area contributed by atoms with Crippen molar-refractivity contribution in [3.63, 3.8) is 0 Å². The fraction of sp³-hybridized carbons (Fsp3) is 0.0667. The number of hydrogen-bond donors (Lipinski definition) is 1. The minimum absolute atomic E-state index is 0.0736. The summed E-state index contributed by atoms with van der Waals surface area (Å²) in [6.45, 7) is 0. The van der Waals surface area contributed by atoms with Crippen molar-refractivity contribution in [1.82, 2.24) is 4.98 Å². The van der Waals surface area contributed by atoms with Crippen LogP contribution in [0.2, 0.25) is 0 Å². The van der Waals surface area contributed by atoms with Crippen molar-refractivity contribution in [2.75, 3.05) is 12.4 Å². The summed E-state index contributed by atoms with van der Waals surface area (Å²) in [6.07, 6.45) is 1.54. The summed E-state index contributed by atoms with van der Waals surface area (Å²) in [5.74, 6) is -0.268. The lowest BCUT2D eigenvalue weighted by Crippen LogP contribution is -2.13. The molecule has 2 heterocycles. The number of methoxy groups -OCH3 is 1. The van der Waals surface area contributed by atoms with E-state index in [1.165, 1.54) is 30.6 Å². The molecule has 0 fully saturated rings. The third-order valence-electron chi connectivity index (χ3n) is 2.92. The van der Waals surface area contributed by atoms with E-state index < -0.39 is 11.7 Å². The molecule has 0 bridgehead atoms. The van der Waals surface area contributed by atoms with Gasteiger partial charge in [-0.05, 0) is 24.3 Å². The minimum atomic E-state index is -0.653. The van der Waals surface area contributed by atoms with E-state index in [0.29, 0.717) is 22.3 Å². The molecule has 22 heavy (non-hydrogen) atoms. The van der Waals surface area contributed by atoms with E-state index >= 15 is 0 Å². The predicted octanol–water partition coefficient (Wildman–Crippen LogP) is 3.80. The monoisotopic (exact) mass is 318 g/mol. The molecule has 1 aromatic carbocycles. The molecule has 0 radical (unpaired) electrons. The van der Waals surface area contributed by atoms with Gasteiger partial charge in [0.1, 0.15) is 17.3 Å². The average Bonchev–Trinajstić information content (AvgIpc) is 3.17. The van der Waals surface area contributed by atoms with Gasteiger partial charge in [0.05, 0.1) is 18.9 Å². The van der Waals surface area contributed by atoms with Gasteiger partial charge in [-0.15, -0.1) is 11.3 Å². The van der Waals surface area contributed by atoms with Crippen LogP contribution >= 0.6 is 11.3 Å². The molecule has 0 saturated carbocycles. The lowest BCUT2D eigenvalue weighted by Gasteiger charge is -2.05. The lowest BCUT2D eigenvalue weighted by molar-refractivity contribution is 0.102. The smallest absolute Gasteiger partial charge is 0.260 e. The van der Waals surface area contributed by atoms with Crippen molar-refractivity contribution in [2.45, 2.75) is 0 Å². The molecule has 2 aromatic heterocycles. The van der Waals surface area contributed by atoms with E-state index in [0.717, 1.165) is 6.07 Å². The number of nitrogens with one attached hydrogen (secondary N) is 1. The molecule has 0 aliphatic carbocycles. The van der Waals surface area contributed by atoms with E-state index in [2.05, 4.69) is 10.3 Å². The molecule has 0 saturated heterocycles. The van der Waals surface area contributed by atoms with Crippen LogP contribution in [-0.2, 0) is 0 Å². The normalized spacial score (nSPS) is 10.5. The van der Waals surface area contributed by atoms with Crippen LogP contribution in [0.3, 0.4) is 0 Å². The second-order valence-electron chi connectivity index (χ2n) is 4.32. The van der Waals surface area contributed by atoms with Gasteiger partial charge in [0.25, 0.3) is 5.91 Å². The standard InChI is InChI=1S/C15H11FN2O3S/c1-20-9-4-5-10(11(16)7-9)14(19)18-15-17-12(8-22-15)13-3-2-6-21-13/h2-8H,1H3,(H,17,18,19). The number of carbonyl (C=O) groups excluding carboxylic acids is 1. The summed E-state index contributed by atoms with van der Waals surface area (Å²) in [6, 6.07) is 7.56. The van der Waals surface area contributed by atoms with Gasteiger partial charge >= 0.3 is 0 Å². The number of rotatable bonds is 4. The topological polar surface area (TPSA) is 64.4 Å². The minimum Gasteiger partial charge on any atom is -0.497 e. The number of furan rings is 1. The molecule has 0 aliphatic heterocycles. The Labute approximate surface area is 129 Å². The van der Waals surface area contributed by atoms with Crippen molar-refractivity contribution in [3.05, 3.63) is 53.4 Å². The molecule has 1 N–H and O–H groups in total. The maximum atomic E-state index is 13.8. The Balaban J connectivity index is 1.77. The number of hydrogen-bond acceptors (Lipinski definition) is 5. The Kier molecular flexibility index (Phi) is 3.88. The highest BCUT2D eigenvalue weighted by atomic mass is 32.1. The van der Waals surface area contributed by atoms with Gasteiger partial charge in [0.15, 0.2) is 10.9 Å². The Morgan fingerprint density at radius 3 is 2.95 bits per heavy atom. The van der Waals surface area contributed by atoms with Gasteiger partial charge in [-0.1, -0.05) is 0 Å². The van der Waals surface area contributed by atoms with Crippen LogP contribution in [0.25, 0.3) is 11.5 Å². The van der Waals surface area contributed by atoms with Crippen molar-refractivity contribution in [1.29, 1.82) is 0 Å². The second kappa shape index (κ2) is 5.98. The number of halogens is 1. The molecular formula is C15H11FN2O3S. The number of nitrogens with zero attached hydrogens (tertiary/aromatic N) is 1. The van der Waals surface area contributed by atoms with Crippen LogP contribution in [0.4, 0.5) is 9.52 Å². The highest BCUT2D eigenvalue weighted by Crippen LogP contribution is 2.26. The van der Waals surface area contributed by atoms with Gasteiger partial charge in [-0.3, -0.25) is 10.1 Å². The maximum Gasteiger partial charge on any atom is 0.260 e. The Bertz CT molecular complexity index is 799. The summed E-state index contributed by atoms with van der Waals surface area (Å²) >= 11 is 1.23. The van der Waals surface area contributed by atoms with Crippen LogP contribution in [0.5, 0.6) is 5.75 Å². The summed E-state index contributed by atoms with van der Waals surface area (Å²) in [5.41, 5.74) is 0.538. The Morgan fingerprint density at radius 1 is 1.41 bits per heavy atom. The highest BCUT2D eigenvalue weighted by molar-refractivity contribution is 7.14. The number of benzene rings is 1. The number of amides is 1. The van der Waals surface area contributed by atoms with Crippen molar-refractivity contribution in [3.8, 4) is 17.2 Å². The third-order valence-corrected chi connectivity index (χ3v) is 3.68. The lowest BCUT2D eigenvalue weighted by atomic mass is 10.2. The number of ether oxygens (including phenoxy) is 1. The third kappa shape index (κ3) is 2.84. The van der Waals surface area contributed by atoms with Gasteiger partial charge in [0, 0.05) is 11.4 Å². The van der Waals surface area contributed by atoms with Crippen LogP contribution in [0.1, 0.15) is 10.4 Å². The zero-order valence-electron chi connectivity index (χ0n) is 11.5. The van der Waals surface area contributed by atoms with Crippen LogP contribution in [-0.4, -0.2) is 18.0 Å². The van der Waals surface area contributed by atoms with Crippen LogP contribution < -0.4 is 10.1 Å². The zero-order chi connectivity index (χ0) is 15.5. The molecule has 0 spiro atoms. The van der Waals surface area contributed by atoms with E-state index in [9.17, 15) is 9.18 Å². The molecule has 0 unspecified atom stereocenters. The maximum absolute atomic E-state index is 13.8. The predicted molar refractivity (Wildman–Crippen MR) is 80.7 cm³/mol. The first kappa shape index (κ1) is 14.3. The van der Waals surface area contributed by atoms with E-state index in [4.69, 9.17) is 9.15 Å². The molecule has 0 atom stereocenters. The zero-order valence-corrected chi connectivity index (χ0v) is 12.3. The van der Waals surface area contributed by atoms with Crippen LogP contribution in [0, 0.1) is 5.82 Å². The first-order valence-corrected chi connectivity index (χ1v) is 7.19. The first-order chi connectivity index (χ1) is 10.7. The Hall–Kier alpha value is -2.67. The highest BCUT2D eigenvalue weighted by Gasteiger charge is 2.15. The number of carbonyl (C=O) groups is 1. The molecule has 1 amide bonds.